The molecule has 1 aromatic heterocycles. The first kappa shape index (κ1) is 10.3. The molecule has 82 valence electrons. The van der Waals surface area contributed by atoms with Gasteiger partial charge in [-0.15, -0.1) is 0 Å². The summed E-state index contributed by atoms with van der Waals surface area (Å²) in [7, 11) is 0. The van der Waals surface area contributed by atoms with Gasteiger partial charge in [0.25, 0.3) is 0 Å². The molecule has 1 saturated carbocycles. The molecule has 0 spiro atoms. The van der Waals surface area contributed by atoms with Gasteiger partial charge in [0.15, 0.2) is 0 Å². The van der Waals surface area contributed by atoms with E-state index in [0.29, 0.717) is 18.7 Å². The van der Waals surface area contributed by atoms with Crippen LogP contribution in [0.2, 0.25) is 0 Å². The van der Waals surface area contributed by atoms with Crippen LogP contribution >= 0.6 is 0 Å². The summed E-state index contributed by atoms with van der Waals surface area (Å²) in [5.74, 6) is 0.704. The molecule has 4 nitrogen and oxygen atoms in total. The second kappa shape index (κ2) is 4.53. The number of aliphatic hydroxyl groups is 1. The van der Waals surface area contributed by atoms with Crippen molar-refractivity contribution in [1.29, 1.82) is 0 Å². The topological polar surface area (TPSA) is 58.0 Å². The van der Waals surface area contributed by atoms with Gasteiger partial charge in [0, 0.05) is 12.8 Å². The Hall–Kier alpha value is -1.23. The Kier molecular flexibility index (Phi) is 3.11. The molecule has 3 atom stereocenters. The SMILES string of the molecule is OCC1C[C@@H](F)[C@H](Nc2ccncn2)C1. The van der Waals surface area contributed by atoms with Gasteiger partial charge in [-0.2, -0.15) is 0 Å². The molecule has 1 unspecified atom stereocenters. The lowest BCUT2D eigenvalue weighted by Gasteiger charge is -2.14. The van der Waals surface area contributed by atoms with Crippen LogP contribution < -0.4 is 5.32 Å². The van der Waals surface area contributed by atoms with Crippen molar-refractivity contribution in [2.45, 2.75) is 25.1 Å². The summed E-state index contributed by atoms with van der Waals surface area (Å²) in [5.41, 5.74) is 0. The molecule has 0 aromatic carbocycles. The Morgan fingerprint density at radius 2 is 2.40 bits per heavy atom. The number of alkyl halides is 1. The minimum Gasteiger partial charge on any atom is -0.396 e. The molecule has 0 radical (unpaired) electrons. The van der Waals surface area contributed by atoms with Gasteiger partial charge in [-0.25, -0.2) is 14.4 Å². The number of nitrogens with zero attached hydrogens (tertiary/aromatic N) is 2. The monoisotopic (exact) mass is 211 g/mol. The molecule has 5 heteroatoms. The second-order valence-corrected chi connectivity index (χ2v) is 3.88. The summed E-state index contributed by atoms with van der Waals surface area (Å²) in [5, 5.41) is 12.0. The highest BCUT2D eigenvalue weighted by Gasteiger charge is 2.33. The summed E-state index contributed by atoms with van der Waals surface area (Å²) in [6, 6.07) is 1.47. The third kappa shape index (κ3) is 2.41. The van der Waals surface area contributed by atoms with Crippen molar-refractivity contribution in [1.82, 2.24) is 9.97 Å². The maximum absolute atomic E-state index is 13.5. The molecule has 0 saturated heterocycles. The maximum atomic E-state index is 13.5. The Morgan fingerprint density at radius 3 is 3.00 bits per heavy atom. The average Bonchev–Trinajstić information content (AvgIpc) is 2.61. The van der Waals surface area contributed by atoms with Crippen molar-refractivity contribution in [2.75, 3.05) is 11.9 Å². The standard InChI is InChI=1S/C10H14FN3O/c11-8-3-7(5-15)4-9(8)14-10-1-2-12-6-13-10/h1-2,6-9,15H,3-5H2,(H,12,13,14)/t7?,8-,9-/m1/s1. The van der Waals surface area contributed by atoms with E-state index in [0.717, 1.165) is 0 Å². The van der Waals surface area contributed by atoms with Gasteiger partial charge in [-0.1, -0.05) is 0 Å². The average molecular weight is 211 g/mol. The Labute approximate surface area is 87.6 Å². The highest BCUT2D eigenvalue weighted by molar-refractivity contribution is 5.34. The fourth-order valence-corrected chi connectivity index (χ4v) is 1.95. The van der Waals surface area contributed by atoms with Crippen LogP contribution in [0.5, 0.6) is 0 Å². The van der Waals surface area contributed by atoms with Gasteiger partial charge in [-0.05, 0) is 24.8 Å². The lowest BCUT2D eigenvalue weighted by molar-refractivity contribution is 0.219. The van der Waals surface area contributed by atoms with Gasteiger partial charge >= 0.3 is 0 Å². The van der Waals surface area contributed by atoms with Crippen LogP contribution in [0, 0.1) is 5.92 Å². The number of hydrogen-bond acceptors (Lipinski definition) is 4. The molecule has 2 N–H and O–H groups in total. The van der Waals surface area contributed by atoms with Crippen LogP contribution in [0.4, 0.5) is 10.2 Å². The zero-order chi connectivity index (χ0) is 10.7. The van der Waals surface area contributed by atoms with Crippen LogP contribution in [0.3, 0.4) is 0 Å². The Balaban J connectivity index is 1.96. The molecular weight excluding hydrogens is 197 g/mol. The number of halogens is 1. The predicted octanol–water partition coefficient (Wildman–Crippen LogP) is 0.997. The highest BCUT2D eigenvalue weighted by atomic mass is 19.1. The first-order valence-corrected chi connectivity index (χ1v) is 5.07. The number of rotatable bonds is 3. The molecular formula is C10H14FN3O. The molecule has 0 amide bonds. The van der Waals surface area contributed by atoms with Crippen molar-refractivity contribution in [3.63, 3.8) is 0 Å². The van der Waals surface area contributed by atoms with Crippen LogP contribution in [0.1, 0.15) is 12.8 Å². The van der Waals surface area contributed by atoms with E-state index in [1.165, 1.54) is 6.33 Å². The Morgan fingerprint density at radius 1 is 1.53 bits per heavy atom. The van der Waals surface area contributed by atoms with E-state index >= 15 is 0 Å². The van der Waals surface area contributed by atoms with Gasteiger partial charge in [0.1, 0.15) is 18.3 Å². The van der Waals surface area contributed by atoms with Crippen LogP contribution in [-0.4, -0.2) is 33.9 Å². The summed E-state index contributed by atoms with van der Waals surface area (Å²) < 4.78 is 13.5. The summed E-state index contributed by atoms with van der Waals surface area (Å²) in [6.45, 7) is 0.0579. The smallest absolute Gasteiger partial charge is 0.129 e. The summed E-state index contributed by atoms with van der Waals surface area (Å²) in [6.07, 6.45) is 3.22. The number of hydrogen-bond donors (Lipinski definition) is 2. The highest BCUT2D eigenvalue weighted by Crippen LogP contribution is 2.29. The first-order valence-electron chi connectivity index (χ1n) is 5.07. The van der Waals surface area contributed by atoms with Crippen LogP contribution in [0.25, 0.3) is 0 Å². The quantitative estimate of drug-likeness (QED) is 0.783. The van der Waals surface area contributed by atoms with E-state index in [1.807, 2.05) is 0 Å². The van der Waals surface area contributed by atoms with Crippen molar-refractivity contribution < 1.29 is 9.50 Å². The van der Waals surface area contributed by atoms with Crippen molar-refractivity contribution in [3.05, 3.63) is 18.6 Å². The predicted molar refractivity (Wildman–Crippen MR) is 54.1 cm³/mol. The van der Waals surface area contributed by atoms with E-state index in [2.05, 4.69) is 15.3 Å². The third-order valence-electron chi connectivity index (χ3n) is 2.76. The van der Waals surface area contributed by atoms with E-state index < -0.39 is 6.17 Å². The molecule has 1 heterocycles. The van der Waals surface area contributed by atoms with Crippen molar-refractivity contribution >= 4 is 5.82 Å². The van der Waals surface area contributed by atoms with Crippen LogP contribution in [0.15, 0.2) is 18.6 Å². The maximum Gasteiger partial charge on any atom is 0.129 e. The number of aliphatic hydroxyl groups excluding tert-OH is 1. The molecule has 1 aromatic rings. The fraction of sp³-hybridized carbons (Fsp3) is 0.600. The summed E-state index contributed by atoms with van der Waals surface area (Å²) >= 11 is 0. The Bertz CT molecular complexity index is 309. The zero-order valence-corrected chi connectivity index (χ0v) is 8.31. The lowest BCUT2D eigenvalue weighted by Crippen LogP contribution is -2.25. The number of aromatic nitrogens is 2. The van der Waals surface area contributed by atoms with E-state index in [9.17, 15) is 4.39 Å². The molecule has 0 bridgehead atoms. The summed E-state index contributed by atoms with van der Waals surface area (Å²) in [4.78, 5) is 7.76. The molecule has 2 rings (SSSR count). The third-order valence-corrected chi connectivity index (χ3v) is 2.76. The molecule has 1 aliphatic carbocycles. The van der Waals surface area contributed by atoms with Gasteiger partial charge < -0.3 is 10.4 Å². The number of anilines is 1. The van der Waals surface area contributed by atoms with E-state index in [1.54, 1.807) is 12.3 Å². The van der Waals surface area contributed by atoms with Gasteiger partial charge in [-0.3, -0.25) is 0 Å². The van der Waals surface area contributed by atoms with Gasteiger partial charge in [0.2, 0.25) is 0 Å². The molecule has 15 heavy (non-hydrogen) atoms. The minimum absolute atomic E-state index is 0.0579. The number of nitrogens with one attached hydrogen (secondary N) is 1. The fourth-order valence-electron chi connectivity index (χ4n) is 1.95. The molecule has 1 aliphatic rings. The van der Waals surface area contributed by atoms with Gasteiger partial charge in [0.05, 0.1) is 6.04 Å². The largest absolute Gasteiger partial charge is 0.396 e. The second-order valence-electron chi connectivity index (χ2n) is 3.88. The van der Waals surface area contributed by atoms with Crippen molar-refractivity contribution in [3.8, 4) is 0 Å². The van der Waals surface area contributed by atoms with Crippen molar-refractivity contribution in [2.24, 2.45) is 5.92 Å². The van der Waals surface area contributed by atoms with E-state index in [-0.39, 0.29) is 18.6 Å². The minimum atomic E-state index is -0.905. The zero-order valence-electron chi connectivity index (χ0n) is 8.31. The first-order chi connectivity index (χ1) is 7.29. The molecule has 1 fully saturated rings. The van der Waals surface area contributed by atoms with E-state index in [4.69, 9.17) is 5.11 Å². The molecule has 0 aliphatic heterocycles. The van der Waals surface area contributed by atoms with Crippen LogP contribution in [-0.2, 0) is 0 Å². The lowest BCUT2D eigenvalue weighted by atomic mass is 10.1. The normalized spacial score (nSPS) is 30.4.